The zero-order chi connectivity index (χ0) is 13.1. The molecule has 1 saturated carbocycles. The molecular weight excluding hydrogens is 216 g/mol. The van der Waals surface area contributed by atoms with Crippen molar-refractivity contribution >= 4 is 11.9 Å². The number of rotatable bonds is 5. The van der Waals surface area contributed by atoms with Gasteiger partial charge in [0.05, 0.1) is 12.0 Å². The van der Waals surface area contributed by atoms with E-state index in [0.717, 1.165) is 12.5 Å². The number of hydrogen-bond donors (Lipinski definition) is 3. The summed E-state index contributed by atoms with van der Waals surface area (Å²) in [6.07, 6.45) is 1.18. The number of carbonyl (C=O) groups is 1. The number of nitrogens with zero attached hydrogens (tertiary/aromatic N) is 1. The Morgan fingerprint density at radius 2 is 2.12 bits per heavy atom. The van der Waals surface area contributed by atoms with Crippen molar-refractivity contribution in [1.29, 1.82) is 0 Å². The molecule has 0 heterocycles. The molecule has 2 unspecified atom stereocenters. The molecular formula is C12H24N4O. The van der Waals surface area contributed by atoms with Crippen LogP contribution in [0.4, 0.5) is 0 Å². The highest BCUT2D eigenvalue weighted by Gasteiger charge is 2.33. The van der Waals surface area contributed by atoms with Crippen molar-refractivity contribution in [2.75, 3.05) is 13.1 Å². The molecule has 0 aromatic rings. The fraction of sp³-hybridized carbons (Fsp3) is 0.833. The number of primary amides is 1. The first-order valence-electron chi connectivity index (χ1n) is 6.21. The number of guanidine groups is 1. The Kier molecular flexibility index (Phi) is 4.37. The number of nitrogens with two attached hydrogens (primary N) is 1. The molecule has 1 fully saturated rings. The van der Waals surface area contributed by atoms with Crippen LogP contribution in [0.5, 0.6) is 0 Å². The molecule has 1 amide bonds. The minimum Gasteiger partial charge on any atom is -0.369 e. The van der Waals surface area contributed by atoms with Crippen LogP contribution in [0.3, 0.4) is 0 Å². The lowest BCUT2D eigenvalue weighted by molar-refractivity contribution is -0.125. The monoisotopic (exact) mass is 240 g/mol. The predicted octanol–water partition coefficient (Wildman–Crippen LogP) is 0.461. The summed E-state index contributed by atoms with van der Waals surface area (Å²) in [4.78, 5) is 15.6. The minimum atomic E-state index is -0.600. The molecule has 0 aromatic heterocycles. The van der Waals surface area contributed by atoms with Crippen LogP contribution < -0.4 is 16.4 Å². The van der Waals surface area contributed by atoms with Gasteiger partial charge >= 0.3 is 0 Å². The van der Waals surface area contributed by atoms with Crippen molar-refractivity contribution in [1.82, 2.24) is 10.6 Å². The van der Waals surface area contributed by atoms with Crippen LogP contribution in [0.25, 0.3) is 0 Å². The van der Waals surface area contributed by atoms with E-state index >= 15 is 0 Å². The third-order valence-electron chi connectivity index (χ3n) is 3.08. The van der Waals surface area contributed by atoms with Crippen molar-refractivity contribution in [3.8, 4) is 0 Å². The second kappa shape index (κ2) is 5.38. The number of aliphatic imine (C=N–C) groups is 1. The number of amides is 1. The van der Waals surface area contributed by atoms with E-state index in [-0.39, 0.29) is 5.91 Å². The molecule has 0 aromatic carbocycles. The molecule has 1 aliphatic rings. The molecule has 1 aliphatic carbocycles. The van der Waals surface area contributed by atoms with E-state index in [1.165, 1.54) is 6.42 Å². The fourth-order valence-electron chi connectivity index (χ4n) is 1.37. The predicted molar refractivity (Wildman–Crippen MR) is 69.7 cm³/mol. The topological polar surface area (TPSA) is 79.5 Å². The van der Waals surface area contributed by atoms with E-state index in [4.69, 9.17) is 5.73 Å². The van der Waals surface area contributed by atoms with Crippen LogP contribution >= 0.6 is 0 Å². The lowest BCUT2D eigenvalue weighted by Gasteiger charge is -2.19. The van der Waals surface area contributed by atoms with Gasteiger partial charge in [0.1, 0.15) is 0 Å². The largest absolute Gasteiger partial charge is 0.369 e. The summed E-state index contributed by atoms with van der Waals surface area (Å²) in [5.74, 6) is 1.16. The van der Waals surface area contributed by atoms with Gasteiger partial charge in [-0.3, -0.25) is 9.79 Å². The maximum Gasteiger partial charge on any atom is 0.224 e. The average Bonchev–Trinajstić information content (AvgIpc) is 2.91. The van der Waals surface area contributed by atoms with Gasteiger partial charge in [-0.2, -0.15) is 0 Å². The molecule has 0 radical (unpaired) electrons. The molecule has 5 nitrogen and oxygen atoms in total. The average molecular weight is 240 g/mol. The van der Waals surface area contributed by atoms with Gasteiger partial charge in [-0.25, -0.2) is 0 Å². The van der Waals surface area contributed by atoms with Crippen LogP contribution in [0, 0.1) is 11.3 Å². The van der Waals surface area contributed by atoms with Crippen molar-refractivity contribution in [2.24, 2.45) is 22.1 Å². The SMILES string of the molecule is CCNC(=NCC(C)(C)C(N)=O)NC1CC1C. The fourth-order valence-corrected chi connectivity index (χ4v) is 1.37. The molecule has 4 N–H and O–H groups in total. The van der Waals surface area contributed by atoms with Gasteiger partial charge in [-0.15, -0.1) is 0 Å². The van der Waals surface area contributed by atoms with Gasteiger partial charge in [0.25, 0.3) is 0 Å². The molecule has 98 valence electrons. The first-order valence-corrected chi connectivity index (χ1v) is 6.21. The van der Waals surface area contributed by atoms with Gasteiger partial charge in [0, 0.05) is 12.6 Å². The maximum atomic E-state index is 11.2. The normalized spacial score (nSPS) is 24.4. The van der Waals surface area contributed by atoms with Gasteiger partial charge < -0.3 is 16.4 Å². The highest BCUT2D eigenvalue weighted by Crippen LogP contribution is 2.28. The zero-order valence-electron chi connectivity index (χ0n) is 11.2. The first kappa shape index (κ1) is 13.8. The Morgan fingerprint density at radius 1 is 1.53 bits per heavy atom. The van der Waals surface area contributed by atoms with Crippen LogP contribution in [0.15, 0.2) is 4.99 Å². The van der Waals surface area contributed by atoms with Gasteiger partial charge in [-0.05, 0) is 33.1 Å². The molecule has 0 aliphatic heterocycles. The lowest BCUT2D eigenvalue weighted by Crippen LogP contribution is -2.41. The molecule has 1 rings (SSSR count). The zero-order valence-corrected chi connectivity index (χ0v) is 11.2. The van der Waals surface area contributed by atoms with E-state index < -0.39 is 5.41 Å². The molecule has 0 spiro atoms. The Bertz CT molecular complexity index is 312. The summed E-state index contributed by atoms with van der Waals surface area (Å²) < 4.78 is 0. The van der Waals surface area contributed by atoms with Crippen LogP contribution in [-0.4, -0.2) is 31.0 Å². The van der Waals surface area contributed by atoms with E-state index in [1.54, 1.807) is 0 Å². The second-order valence-corrected chi connectivity index (χ2v) is 5.41. The third-order valence-corrected chi connectivity index (χ3v) is 3.08. The van der Waals surface area contributed by atoms with Crippen LogP contribution in [0.2, 0.25) is 0 Å². The van der Waals surface area contributed by atoms with Gasteiger partial charge in [0.2, 0.25) is 5.91 Å². The smallest absolute Gasteiger partial charge is 0.224 e. The van der Waals surface area contributed by atoms with Crippen LogP contribution in [-0.2, 0) is 4.79 Å². The summed E-state index contributed by atoms with van der Waals surface area (Å²) >= 11 is 0. The number of hydrogen-bond acceptors (Lipinski definition) is 2. The summed E-state index contributed by atoms with van der Waals surface area (Å²) in [5, 5.41) is 6.51. The Hall–Kier alpha value is -1.26. The van der Waals surface area contributed by atoms with E-state index in [1.807, 2.05) is 20.8 Å². The van der Waals surface area contributed by atoms with E-state index in [2.05, 4.69) is 22.5 Å². The van der Waals surface area contributed by atoms with Crippen molar-refractivity contribution in [3.63, 3.8) is 0 Å². The lowest BCUT2D eigenvalue weighted by atomic mass is 9.93. The molecule has 0 bridgehead atoms. The van der Waals surface area contributed by atoms with Gasteiger partial charge in [-0.1, -0.05) is 6.92 Å². The standard InChI is InChI=1S/C12H24N4O/c1-5-14-11(16-9-6-8(9)2)15-7-12(3,4)10(13)17/h8-9H,5-7H2,1-4H3,(H2,13,17)(H2,14,15,16). The second-order valence-electron chi connectivity index (χ2n) is 5.41. The molecule has 17 heavy (non-hydrogen) atoms. The van der Waals surface area contributed by atoms with Crippen molar-refractivity contribution < 1.29 is 4.79 Å². The van der Waals surface area contributed by atoms with Crippen molar-refractivity contribution in [2.45, 2.75) is 40.2 Å². The molecule has 5 heteroatoms. The number of carbonyl (C=O) groups excluding carboxylic acids is 1. The summed E-state index contributed by atoms with van der Waals surface area (Å²) in [5.41, 5.74) is 4.72. The highest BCUT2D eigenvalue weighted by molar-refractivity contribution is 5.83. The summed E-state index contributed by atoms with van der Waals surface area (Å²) in [6.45, 7) is 9.05. The Balaban J connectivity index is 2.53. The Morgan fingerprint density at radius 3 is 2.53 bits per heavy atom. The maximum absolute atomic E-state index is 11.2. The van der Waals surface area contributed by atoms with Crippen molar-refractivity contribution in [3.05, 3.63) is 0 Å². The highest BCUT2D eigenvalue weighted by atomic mass is 16.1. The quantitative estimate of drug-likeness (QED) is 0.482. The van der Waals surface area contributed by atoms with Gasteiger partial charge in [0.15, 0.2) is 5.96 Å². The first-order chi connectivity index (χ1) is 7.86. The number of nitrogens with one attached hydrogen (secondary N) is 2. The van der Waals surface area contributed by atoms with Crippen LogP contribution in [0.1, 0.15) is 34.1 Å². The van der Waals surface area contributed by atoms with E-state index in [0.29, 0.717) is 18.5 Å². The summed E-state index contributed by atoms with van der Waals surface area (Å²) in [6, 6.07) is 0.518. The third kappa shape index (κ3) is 4.24. The Labute approximate surface area is 103 Å². The minimum absolute atomic E-state index is 0.322. The molecule has 2 atom stereocenters. The summed E-state index contributed by atoms with van der Waals surface area (Å²) in [7, 11) is 0. The van der Waals surface area contributed by atoms with E-state index in [9.17, 15) is 4.79 Å². The molecule has 0 saturated heterocycles.